The van der Waals surface area contributed by atoms with Gasteiger partial charge < -0.3 is 0 Å². The first-order chi connectivity index (χ1) is 13.0. The van der Waals surface area contributed by atoms with Crippen molar-refractivity contribution >= 4 is 33.1 Å². The number of nitrogens with one attached hydrogen (secondary N) is 1. The number of anilines is 1. The minimum absolute atomic E-state index is 0.140. The van der Waals surface area contributed by atoms with E-state index in [1.54, 1.807) is 0 Å². The number of amides is 1. The predicted molar refractivity (Wildman–Crippen MR) is 114 cm³/mol. The zero-order valence-electron chi connectivity index (χ0n) is 15.5. The first-order valence-electron chi connectivity index (χ1n) is 8.85. The van der Waals surface area contributed by atoms with Crippen LogP contribution in [0.5, 0.6) is 0 Å². The number of rotatable bonds is 3. The Morgan fingerprint density at radius 2 is 1.63 bits per heavy atom. The van der Waals surface area contributed by atoms with Gasteiger partial charge in [0.25, 0.3) is 5.91 Å². The summed E-state index contributed by atoms with van der Waals surface area (Å²) in [6.07, 6.45) is 0. The molecule has 4 heteroatoms. The fraction of sp³-hybridized carbons (Fsp3) is 0.130. The molecule has 0 fully saturated rings. The van der Waals surface area contributed by atoms with Gasteiger partial charge in [-0.2, -0.15) is 0 Å². The average molecular weight is 372 g/mol. The molecule has 4 rings (SSSR count). The Balaban J connectivity index is 1.58. The molecule has 4 aromatic rings. The van der Waals surface area contributed by atoms with E-state index in [1.807, 2.05) is 47.8 Å². The van der Waals surface area contributed by atoms with E-state index >= 15 is 0 Å². The van der Waals surface area contributed by atoms with E-state index < -0.39 is 0 Å². The molecule has 134 valence electrons. The molecule has 0 aliphatic carbocycles. The van der Waals surface area contributed by atoms with Gasteiger partial charge in [0.2, 0.25) is 0 Å². The van der Waals surface area contributed by atoms with Gasteiger partial charge in [-0.3, -0.25) is 10.1 Å². The number of aryl methyl sites for hydroxylation is 3. The Morgan fingerprint density at radius 1 is 0.889 bits per heavy atom. The lowest BCUT2D eigenvalue weighted by atomic mass is 9.99. The largest absolute Gasteiger partial charge is 0.298 e. The summed E-state index contributed by atoms with van der Waals surface area (Å²) >= 11 is 1.45. The highest BCUT2D eigenvalue weighted by Crippen LogP contribution is 2.29. The van der Waals surface area contributed by atoms with Crippen molar-refractivity contribution in [3.8, 4) is 11.3 Å². The lowest BCUT2D eigenvalue weighted by Crippen LogP contribution is -2.11. The molecule has 0 aliphatic rings. The minimum Gasteiger partial charge on any atom is -0.298 e. The van der Waals surface area contributed by atoms with Crippen LogP contribution in [-0.4, -0.2) is 10.9 Å². The SMILES string of the molecule is Cc1cc(C)c(-c2csc(NC(=O)c3ccc4ccccc4c3)n2)cc1C. The van der Waals surface area contributed by atoms with Crippen LogP contribution in [0.1, 0.15) is 27.0 Å². The summed E-state index contributed by atoms with van der Waals surface area (Å²) in [4.78, 5) is 17.3. The Morgan fingerprint density at radius 3 is 2.44 bits per heavy atom. The van der Waals surface area contributed by atoms with E-state index in [-0.39, 0.29) is 5.91 Å². The molecule has 0 radical (unpaired) electrons. The van der Waals surface area contributed by atoms with Crippen LogP contribution < -0.4 is 5.32 Å². The van der Waals surface area contributed by atoms with Crippen molar-refractivity contribution in [3.63, 3.8) is 0 Å². The van der Waals surface area contributed by atoms with Gasteiger partial charge in [-0.1, -0.05) is 36.4 Å². The van der Waals surface area contributed by atoms with Crippen molar-refractivity contribution in [3.05, 3.63) is 82.2 Å². The number of benzene rings is 3. The van der Waals surface area contributed by atoms with Crippen LogP contribution in [-0.2, 0) is 0 Å². The third-order valence-electron chi connectivity index (χ3n) is 4.85. The maximum Gasteiger partial charge on any atom is 0.257 e. The van der Waals surface area contributed by atoms with Crippen molar-refractivity contribution < 1.29 is 4.79 Å². The molecule has 0 aliphatic heterocycles. The monoisotopic (exact) mass is 372 g/mol. The molecule has 3 nitrogen and oxygen atoms in total. The first-order valence-corrected chi connectivity index (χ1v) is 9.73. The van der Waals surface area contributed by atoms with E-state index in [2.05, 4.69) is 43.2 Å². The van der Waals surface area contributed by atoms with Gasteiger partial charge in [-0.05, 0) is 66.4 Å². The summed E-state index contributed by atoms with van der Waals surface area (Å²) in [6, 6.07) is 18.1. The number of nitrogens with zero attached hydrogens (tertiary/aromatic N) is 1. The number of hydrogen-bond acceptors (Lipinski definition) is 3. The molecule has 0 unspecified atom stereocenters. The van der Waals surface area contributed by atoms with Crippen LogP contribution in [0.2, 0.25) is 0 Å². The second-order valence-corrected chi connectivity index (χ2v) is 7.66. The van der Waals surface area contributed by atoms with Gasteiger partial charge in [0.1, 0.15) is 0 Å². The maximum atomic E-state index is 12.6. The quantitative estimate of drug-likeness (QED) is 0.469. The van der Waals surface area contributed by atoms with Gasteiger partial charge in [-0.15, -0.1) is 11.3 Å². The standard InChI is InChI=1S/C23H20N2OS/c1-14-10-16(3)20(11-15(14)2)21-13-27-23(24-21)25-22(26)19-9-8-17-6-4-5-7-18(17)12-19/h4-13H,1-3H3,(H,24,25,26). The van der Waals surface area contributed by atoms with Crippen molar-refractivity contribution in [2.75, 3.05) is 5.32 Å². The van der Waals surface area contributed by atoms with E-state index in [0.29, 0.717) is 10.7 Å². The van der Waals surface area contributed by atoms with Gasteiger partial charge in [0.15, 0.2) is 5.13 Å². The topological polar surface area (TPSA) is 42.0 Å². The highest BCUT2D eigenvalue weighted by Gasteiger charge is 2.12. The summed E-state index contributed by atoms with van der Waals surface area (Å²) in [5.74, 6) is -0.140. The summed E-state index contributed by atoms with van der Waals surface area (Å²) in [7, 11) is 0. The number of hydrogen-bond donors (Lipinski definition) is 1. The lowest BCUT2D eigenvalue weighted by molar-refractivity contribution is 0.102. The number of carbonyl (C=O) groups is 1. The normalized spacial score (nSPS) is 10.9. The Labute approximate surface area is 162 Å². The van der Waals surface area contributed by atoms with Gasteiger partial charge in [0, 0.05) is 16.5 Å². The second kappa shape index (κ2) is 6.97. The highest BCUT2D eigenvalue weighted by molar-refractivity contribution is 7.14. The van der Waals surface area contributed by atoms with E-state index in [9.17, 15) is 4.79 Å². The molecule has 0 saturated carbocycles. The van der Waals surface area contributed by atoms with Gasteiger partial charge in [-0.25, -0.2) is 4.98 Å². The fourth-order valence-corrected chi connectivity index (χ4v) is 3.90. The number of fused-ring (bicyclic) bond motifs is 1. The van der Waals surface area contributed by atoms with Crippen LogP contribution in [0.3, 0.4) is 0 Å². The molecule has 1 heterocycles. The van der Waals surface area contributed by atoms with Gasteiger partial charge >= 0.3 is 0 Å². The highest BCUT2D eigenvalue weighted by atomic mass is 32.1. The molecular formula is C23H20N2OS. The molecule has 3 aromatic carbocycles. The number of aromatic nitrogens is 1. The molecule has 0 bridgehead atoms. The van der Waals surface area contributed by atoms with Crippen molar-refractivity contribution in [1.29, 1.82) is 0 Å². The van der Waals surface area contributed by atoms with Crippen LogP contribution in [0.25, 0.3) is 22.0 Å². The zero-order chi connectivity index (χ0) is 19.0. The third-order valence-corrected chi connectivity index (χ3v) is 5.61. The maximum absolute atomic E-state index is 12.6. The van der Waals surface area contributed by atoms with Gasteiger partial charge in [0.05, 0.1) is 5.69 Å². The fourth-order valence-electron chi connectivity index (χ4n) is 3.19. The summed E-state index contributed by atoms with van der Waals surface area (Å²) in [5.41, 5.74) is 6.35. The summed E-state index contributed by atoms with van der Waals surface area (Å²) in [5, 5.41) is 7.70. The summed E-state index contributed by atoms with van der Waals surface area (Å²) in [6.45, 7) is 6.31. The molecule has 1 amide bonds. The lowest BCUT2D eigenvalue weighted by Gasteiger charge is -2.07. The van der Waals surface area contributed by atoms with Crippen molar-refractivity contribution in [1.82, 2.24) is 4.98 Å². The molecule has 0 saturated heterocycles. The zero-order valence-corrected chi connectivity index (χ0v) is 16.4. The number of carbonyl (C=O) groups excluding carboxylic acids is 1. The molecule has 27 heavy (non-hydrogen) atoms. The van der Waals surface area contributed by atoms with Crippen LogP contribution >= 0.6 is 11.3 Å². The minimum atomic E-state index is -0.140. The van der Waals surface area contributed by atoms with Crippen molar-refractivity contribution in [2.24, 2.45) is 0 Å². The molecule has 1 N–H and O–H groups in total. The van der Waals surface area contributed by atoms with Crippen LogP contribution in [0, 0.1) is 20.8 Å². The average Bonchev–Trinajstić information content (AvgIpc) is 3.12. The second-order valence-electron chi connectivity index (χ2n) is 6.81. The van der Waals surface area contributed by atoms with Crippen LogP contribution in [0.4, 0.5) is 5.13 Å². The molecule has 1 aromatic heterocycles. The molecular weight excluding hydrogens is 352 g/mol. The van der Waals surface area contributed by atoms with E-state index in [4.69, 9.17) is 0 Å². The van der Waals surface area contributed by atoms with Crippen LogP contribution in [0.15, 0.2) is 60.0 Å². The predicted octanol–water partition coefficient (Wildman–Crippen LogP) is 6.14. The van der Waals surface area contributed by atoms with Crippen molar-refractivity contribution in [2.45, 2.75) is 20.8 Å². The first kappa shape index (κ1) is 17.4. The summed E-state index contributed by atoms with van der Waals surface area (Å²) < 4.78 is 0. The van der Waals surface area contributed by atoms with E-state index in [1.165, 1.54) is 28.0 Å². The molecule has 0 atom stereocenters. The third kappa shape index (κ3) is 3.49. The van der Waals surface area contributed by atoms with E-state index in [0.717, 1.165) is 22.0 Å². The number of thiazole rings is 1. The Hall–Kier alpha value is -2.98. The Bertz CT molecular complexity index is 1160. The smallest absolute Gasteiger partial charge is 0.257 e. The Kier molecular flexibility index (Phi) is 4.50. The molecule has 0 spiro atoms.